The smallest absolute Gasteiger partial charge is 0.335 e. The molecule has 1 heterocycles. The average Bonchev–Trinajstić information content (AvgIpc) is 2.39. The van der Waals surface area contributed by atoms with Crippen LogP contribution in [0.25, 0.3) is 0 Å². The summed E-state index contributed by atoms with van der Waals surface area (Å²) in [4.78, 5) is 13.2. The maximum absolute atomic E-state index is 10.8. The Labute approximate surface area is 114 Å². The van der Waals surface area contributed by atoms with Crippen molar-refractivity contribution < 1.29 is 9.90 Å². The number of likely N-dealkylation sites (tertiary alicyclic amines) is 1. The van der Waals surface area contributed by atoms with E-state index in [-0.39, 0.29) is 6.04 Å². The van der Waals surface area contributed by atoms with Crippen LogP contribution in [0.4, 0.5) is 0 Å². The highest BCUT2D eigenvalue weighted by Crippen LogP contribution is 2.20. The number of hydrogen-bond donors (Lipinski definition) is 2. The lowest BCUT2D eigenvalue weighted by Crippen LogP contribution is -2.41. The minimum absolute atomic E-state index is 0.247. The molecule has 19 heavy (non-hydrogen) atoms. The van der Waals surface area contributed by atoms with Crippen LogP contribution in [0.2, 0.25) is 0 Å². The normalized spacial score (nSPS) is 22.1. The van der Waals surface area contributed by atoms with E-state index in [1.807, 2.05) is 12.1 Å². The van der Waals surface area contributed by atoms with Crippen LogP contribution in [-0.4, -0.2) is 35.1 Å². The first kappa shape index (κ1) is 14.0. The van der Waals surface area contributed by atoms with E-state index in [9.17, 15) is 4.79 Å². The minimum atomic E-state index is -0.874. The Hall–Kier alpha value is -1.39. The van der Waals surface area contributed by atoms with Crippen molar-refractivity contribution in [2.24, 2.45) is 11.7 Å². The van der Waals surface area contributed by atoms with Gasteiger partial charge < -0.3 is 10.8 Å². The number of carboxylic acid groups (broad SMARTS) is 1. The zero-order valence-corrected chi connectivity index (χ0v) is 11.4. The van der Waals surface area contributed by atoms with Gasteiger partial charge in [-0.1, -0.05) is 12.1 Å². The number of nitrogens with two attached hydrogens (primary N) is 1. The predicted molar refractivity (Wildman–Crippen MR) is 75.1 cm³/mol. The van der Waals surface area contributed by atoms with Crippen molar-refractivity contribution in [2.45, 2.75) is 32.4 Å². The second-order valence-corrected chi connectivity index (χ2v) is 5.50. The Kier molecular flexibility index (Phi) is 4.56. The monoisotopic (exact) mass is 262 g/mol. The minimum Gasteiger partial charge on any atom is -0.478 e. The van der Waals surface area contributed by atoms with Gasteiger partial charge in [0.25, 0.3) is 0 Å². The second kappa shape index (κ2) is 6.17. The summed E-state index contributed by atoms with van der Waals surface area (Å²) in [5.74, 6) is -0.298. The Morgan fingerprint density at radius 2 is 2.16 bits per heavy atom. The largest absolute Gasteiger partial charge is 0.478 e. The molecular weight excluding hydrogens is 240 g/mol. The van der Waals surface area contributed by atoms with Gasteiger partial charge in [-0.05, 0) is 49.9 Å². The van der Waals surface area contributed by atoms with Gasteiger partial charge >= 0.3 is 5.97 Å². The Bertz CT molecular complexity index is 428. The molecule has 0 spiro atoms. The average molecular weight is 262 g/mol. The standard InChI is InChI=1S/C15H22N2O2/c1-11(16)14-3-2-8-17(10-14)9-12-4-6-13(7-5-12)15(18)19/h4-7,11,14H,2-3,8-10,16H2,1H3,(H,18,19). The molecule has 1 aromatic carbocycles. The third-order valence-corrected chi connectivity index (χ3v) is 3.89. The van der Waals surface area contributed by atoms with Crippen molar-refractivity contribution in [3.05, 3.63) is 35.4 Å². The van der Waals surface area contributed by atoms with Crippen LogP contribution in [0.3, 0.4) is 0 Å². The molecule has 1 aliphatic rings. The summed E-state index contributed by atoms with van der Waals surface area (Å²) in [5.41, 5.74) is 7.49. The van der Waals surface area contributed by atoms with Crippen LogP contribution in [0.1, 0.15) is 35.7 Å². The van der Waals surface area contributed by atoms with Gasteiger partial charge in [0.2, 0.25) is 0 Å². The zero-order valence-electron chi connectivity index (χ0n) is 11.4. The summed E-state index contributed by atoms with van der Waals surface area (Å²) in [7, 11) is 0. The van der Waals surface area contributed by atoms with E-state index >= 15 is 0 Å². The van der Waals surface area contributed by atoms with Crippen LogP contribution >= 0.6 is 0 Å². The maximum Gasteiger partial charge on any atom is 0.335 e. The number of hydrogen-bond acceptors (Lipinski definition) is 3. The lowest BCUT2D eigenvalue weighted by Gasteiger charge is -2.34. The molecule has 2 rings (SSSR count). The molecule has 3 N–H and O–H groups in total. The first-order chi connectivity index (χ1) is 9.06. The fourth-order valence-electron chi connectivity index (χ4n) is 2.67. The van der Waals surface area contributed by atoms with Crippen LogP contribution in [0.15, 0.2) is 24.3 Å². The fourth-order valence-corrected chi connectivity index (χ4v) is 2.67. The Morgan fingerprint density at radius 3 is 2.74 bits per heavy atom. The number of rotatable bonds is 4. The first-order valence-electron chi connectivity index (χ1n) is 6.86. The summed E-state index contributed by atoms with van der Waals surface area (Å²) in [5, 5.41) is 8.87. The van der Waals surface area contributed by atoms with E-state index in [1.165, 1.54) is 12.8 Å². The topological polar surface area (TPSA) is 66.6 Å². The Morgan fingerprint density at radius 1 is 1.47 bits per heavy atom. The number of benzene rings is 1. The van der Waals surface area contributed by atoms with E-state index in [0.29, 0.717) is 11.5 Å². The van der Waals surface area contributed by atoms with E-state index < -0.39 is 5.97 Å². The SMILES string of the molecule is CC(N)C1CCCN(Cc2ccc(C(=O)O)cc2)C1. The third kappa shape index (κ3) is 3.78. The first-order valence-corrected chi connectivity index (χ1v) is 6.86. The molecule has 0 radical (unpaired) electrons. The van der Waals surface area contributed by atoms with Gasteiger partial charge in [0.05, 0.1) is 5.56 Å². The van der Waals surface area contributed by atoms with Gasteiger partial charge in [0, 0.05) is 19.1 Å². The van der Waals surface area contributed by atoms with Gasteiger partial charge in [0.1, 0.15) is 0 Å². The van der Waals surface area contributed by atoms with E-state index in [0.717, 1.165) is 25.2 Å². The van der Waals surface area contributed by atoms with Gasteiger partial charge in [-0.15, -0.1) is 0 Å². The number of piperidine rings is 1. The third-order valence-electron chi connectivity index (χ3n) is 3.89. The molecule has 2 unspecified atom stereocenters. The molecule has 1 saturated heterocycles. The molecule has 1 aromatic rings. The molecular formula is C15H22N2O2. The molecule has 4 heteroatoms. The van der Waals surface area contributed by atoms with Crippen molar-refractivity contribution in [2.75, 3.05) is 13.1 Å². The molecule has 0 aromatic heterocycles. The molecule has 1 aliphatic heterocycles. The molecule has 2 atom stereocenters. The number of nitrogens with zero attached hydrogens (tertiary/aromatic N) is 1. The van der Waals surface area contributed by atoms with E-state index in [4.69, 9.17) is 10.8 Å². The summed E-state index contributed by atoms with van der Waals surface area (Å²) in [6, 6.07) is 7.39. The molecule has 0 aliphatic carbocycles. The van der Waals surface area contributed by atoms with Crippen LogP contribution < -0.4 is 5.73 Å². The van der Waals surface area contributed by atoms with Crippen molar-refractivity contribution in [1.82, 2.24) is 4.90 Å². The van der Waals surface area contributed by atoms with Crippen LogP contribution in [0.5, 0.6) is 0 Å². The highest BCUT2D eigenvalue weighted by Gasteiger charge is 2.22. The van der Waals surface area contributed by atoms with Crippen molar-refractivity contribution in [3.8, 4) is 0 Å². The molecule has 0 amide bonds. The number of aromatic carboxylic acids is 1. The molecule has 4 nitrogen and oxygen atoms in total. The summed E-state index contributed by atoms with van der Waals surface area (Å²) in [6.07, 6.45) is 2.41. The molecule has 104 valence electrons. The van der Waals surface area contributed by atoms with Crippen molar-refractivity contribution in [1.29, 1.82) is 0 Å². The maximum atomic E-state index is 10.8. The molecule has 0 bridgehead atoms. The van der Waals surface area contributed by atoms with Crippen molar-refractivity contribution in [3.63, 3.8) is 0 Å². The Balaban J connectivity index is 1.95. The van der Waals surface area contributed by atoms with E-state index in [1.54, 1.807) is 12.1 Å². The highest BCUT2D eigenvalue weighted by molar-refractivity contribution is 5.87. The predicted octanol–water partition coefficient (Wildman–Crippen LogP) is 1.94. The lowest BCUT2D eigenvalue weighted by molar-refractivity contribution is 0.0697. The number of carboxylic acids is 1. The summed E-state index contributed by atoms with van der Waals surface area (Å²) in [6.45, 7) is 5.10. The second-order valence-electron chi connectivity index (χ2n) is 5.50. The number of carbonyl (C=O) groups is 1. The van der Waals surface area contributed by atoms with Gasteiger partial charge in [-0.25, -0.2) is 4.79 Å². The summed E-state index contributed by atoms with van der Waals surface area (Å²) < 4.78 is 0. The van der Waals surface area contributed by atoms with Crippen LogP contribution in [-0.2, 0) is 6.54 Å². The summed E-state index contributed by atoms with van der Waals surface area (Å²) >= 11 is 0. The van der Waals surface area contributed by atoms with Crippen molar-refractivity contribution >= 4 is 5.97 Å². The fraction of sp³-hybridized carbons (Fsp3) is 0.533. The van der Waals surface area contributed by atoms with Gasteiger partial charge in [-0.3, -0.25) is 4.90 Å². The van der Waals surface area contributed by atoms with Crippen LogP contribution in [0, 0.1) is 5.92 Å². The van der Waals surface area contributed by atoms with Gasteiger partial charge in [-0.2, -0.15) is 0 Å². The van der Waals surface area contributed by atoms with E-state index in [2.05, 4.69) is 11.8 Å². The molecule has 0 saturated carbocycles. The van der Waals surface area contributed by atoms with Gasteiger partial charge in [0.15, 0.2) is 0 Å². The zero-order chi connectivity index (χ0) is 13.8. The quantitative estimate of drug-likeness (QED) is 0.870. The highest BCUT2D eigenvalue weighted by atomic mass is 16.4. The molecule has 1 fully saturated rings. The lowest BCUT2D eigenvalue weighted by atomic mass is 9.92.